The summed E-state index contributed by atoms with van der Waals surface area (Å²) in [4.78, 5) is 27.3. The molecule has 11 atom stereocenters. The first-order valence-corrected chi connectivity index (χ1v) is 28.9. The number of carbonyl (C=O) groups is 2. The van der Waals surface area contributed by atoms with Crippen LogP contribution < -0.4 is 34.8 Å². The van der Waals surface area contributed by atoms with Gasteiger partial charge in [-0.15, -0.1) is 4.33 Å². The number of rotatable bonds is 44. The molecule has 16 nitrogen and oxygen atoms in total. The van der Waals surface area contributed by atoms with Crippen molar-refractivity contribution in [3.63, 3.8) is 0 Å². The van der Waals surface area contributed by atoms with Crippen LogP contribution >= 0.6 is 12.3 Å². The maximum absolute atomic E-state index is 13.8. The van der Waals surface area contributed by atoms with Gasteiger partial charge in [-0.2, -0.15) is 0 Å². The van der Waals surface area contributed by atoms with Crippen LogP contribution in [-0.2, 0) is 46.8 Å². The third kappa shape index (κ3) is 30.9. The van der Waals surface area contributed by atoms with E-state index >= 15 is 0 Å². The van der Waals surface area contributed by atoms with E-state index in [0.717, 1.165) is 44.1 Å². The molecular weight excluding hydrogens is 972 g/mol. The van der Waals surface area contributed by atoms with Crippen molar-refractivity contribution in [2.75, 3.05) is 13.2 Å². The van der Waals surface area contributed by atoms with Crippen LogP contribution in [0.2, 0.25) is 0 Å². The van der Waals surface area contributed by atoms with Crippen LogP contribution in [0.25, 0.3) is 0 Å². The van der Waals surface area contributed by atoms with Crippen molar-refractivity contribution in [3.05, 3.63) is 23.3 Å². The maximum atomic E-state index is 13.8. The molecule has 0 aromatic rings. The van der Waals surface area contributed by atoms with Crippen LogP contribution in [0.4, 0.5) is 0 Å². The number of hydrogen-bond donors (Lipinski definition) is 5. The number of allylic oxidation sites excluding steroid dienone is 3. The normalized spacial score (nSPS) is 25.1. The largest absolute Gasteiger partial charge is 1.00 e. The van der Waals surface area contributed by atoms with E-state index in [1.807, 2.05) is 6.92 Å². The fraction of sp³-hybridized carbons (Fsp3) is 0.891. The van der Waals surface area contributed by atoms with E-state index in [1.165, 1.54) is 148 Å². The summed E-state index contributed by atoms with van der Waals surface area (Å²) in [5.41, 5.74) is 1.05. The van der Waals surface area contributed by atoms with Gasteiger partial charge in [-0.3, -0.25) is 14.0 Å². The van der Waals surface area contributed by atoms with E-state index in [0.29, 0.717) is 6.42 Å². The van der Waals surface area contributed by atoms with E-state index in [-0.39, 0.29) is 59.8 Å². The molecule has 2 fully saturated rings. The number of ether oxygens (including phenoxy) is 5. The molecule has 0 spiro atoms. The Kier molecular flexibility index (Phi) is 43.5. The van der Waals surface area contributed by atoms with Gasteiger partial charge in [-0.1, -0.05) is 212 Å². The van der Waals surface area contributed by atoms with Gasteiger partial charge in [0.15, 0.2) is 36.9 Å². The molecule has 2 aliphatic rings. The summed E-state index contributed by atoms with van der Waals surface area (Å²) in [5, 5.41) is 67.0. The molecule has 0 saturated carbocycles. The second-order valence-electron chi connectivity index (χ2n) is 20.4. The van der Waals surface area contributed by atoms with Gasteiger partial charge in [0.05, 0.1) is 13.2 Å². The summed E-state index contributed by atoms with van der Waals surface area (Å²) in [6, 6.07) is 0. The summed E-state index contributed by atoms with van der Waals surface area (Å²) in [6.07, 6.45) is 24.0. The van der Waals surface area contributed by atoms with Gasteiger partial charge in [0, 0.05) is 12.0 Å². The zero-order valence-corrected chi connectivity index (χ0v) is 48.8. The first kappa shape index (κ1) is 70.3. The van der Waals surface area contributed by atoms with Gasteiger partial charge in [0.1, 0.15) is 30.5 Å². The standard InChI is InChI=1S/C55H100O16S.Na/c1-6-8-10-12-14-16-18-20-21-22-24-25-27-29-31-33-35-41(3)37-42(4)38-43(5)53(62)67-50-48(60)45(40-57)65-55(68-54-51(69-72-71-70-63)49(61)47(59)44(39-56)64-54)52(50)66-46(58)36-34-32-30-28-26-23-19-17-15-13-11-9-7-2;/h37-38,41,44-45,47-52,54-57,59-61,63H,6-36,39-40H2,1-5H3;/q;+1/p-1/b42-37+,43-38+;/t41-,44?,45?,47?,48?,49?,50?,51?,52?,54?,55?;/m0./s1. The smallest absolute Gasteiger partial charge is 0.691 e. The topological polar surface area (TPSA) is 232 Å². The van der Waals surface area contributed by atoms with E-state index in [4.69, 9.17) is 27.9 Å². The second kappa shape index (κ2) is 45.2. The van der Waals surface area contributed by atoms with Gasteiger partial charge in [-0.25, -0.2) is 4.79 Å². The fourth-order valence-electron chi connectivity index (χ4n) is 9.59. The van der Waals surface area contributed by atoms with Crippen LogP contribution in [0, 0.1) is 5.92 Å². The van der Waals surface area contributed by atoms with Gasteiger partial charge >= 0.3 is 41.5 Å². The molecule has 0 aromatic heterocycles. The molecule has 18 heteroatoms. The molecule has 422 valence electrons. The molecule has 2 aliphatic heterocycles. The van der Waals surface area contributed by atoms with Gasteiger partial charge in [0.2, 0.25) is 6.29 Å². The molecule has 10 unspecified atom stereocenters. The van der Waals surface area contributed by atoms with Crippen molar-refractivity contribution in [1.82, 2.24) is 0 Å². The van der Waals surface area contributed by atoms with Crippen molar-refractivity contribution in [1.29, 1.82) is 0 Å². The van der Waals surface area contributed by atoms with Crippen molar-refractivity contribution in [3.8, 4) is 0 Å². The molecule has 2 saturated heterocycles. The third-order valence-electron chi connectivity index (χ3n) is 13.9. The molecule has 0 aliphatic carbocycles. The number of unbranched alkanes of at least 4 members (excludes halogenated alkanes) is 27. The molecular formula is C55H99NaO16S. The summed E-state index contributed by atoms with van der Waals surface area (Å²) in [6.45, 7) is 8.56. The van der Waals surface area contributed by atoms with Crippen molar-refractivity contribution >= 4 is 24.3 Å². The number of esters is 2. The van der Waals surface area contributed by atoms with Crippen molar-refractivity contribution < 1.29 is 107 Å². The summed E-state index contributed by atoms with van der Waals surface area (Å²) in [7, 11) is 0. The first-order chi connectivity index (χ1) is 34.9. The van der Waals surface area contributed by atoms with Crippen LogP contribution in [0.15, 0.2) is 23.3 Å². The van der Waals surface area contributed by atoms with E-state index < -0.39 is 86.6 Å². The average Bonchev–Trinajstić information content (AvgIpc) is 3.36. The molecule has 0 radical (unpaired) electrons. The maximum Gasteiger partial charge on any atom is 1.00 e. The Morgan fingerprint density at radius 2 is 1.01 bits per heavy atom. The molecule has 0 aromatic carbocycles. The molecule has 0 amide bonds. The van der Waals surface area contributed by atoms with Crippen LogP contribution in [0.5, 0.6) is 0 Å². The monoisotopic (exact) mass is 1070 g/mol. The Labute approximate surface area is 466 Å². The summed E-state index contributed by atoms with van der Waals surface area (Å²) < 4.78 is 38.9. The minimum absolute atomic E-state index is 0. The Morgan fingerprint density at radius 3 is 1.47 bits per heavy atom. The van der Waals surface area contributed by atoms with E-state index in [1.54, 1.807) is 13.0 Å². The molecule has 0 bridgehead atoms. The zero-order valence-electron chi connectivity index (χ0n) is 46.0. The fourth-order valence-corrected chi connectivity index (χ4v) is 9.94. The first-order valence-electron chi connectivity index (χ1n) is 28.2. The Morgan fingerprint density at radius 1 is 0.589 bits per heavy atom. The van der Waals surface area contributed by atoms with E-state index in [9.17, 15) is 40.4 Å². The number of hydrogen-bond acceptors (Lipinski definition) is 17. The van der Waals surface area contributed by atoms with Gasteiger partial charge in [-0.05, 0) is 38.7 Å². The summed E-state index contributed by atoms with van der Waals surface area (Å²) >= 11 is -0.00321. The summed E-state index contributed by atoms with van der Waals surface area (Å²) in [5.74, 6) is -1.25. The minimum atomic E-state index is -1.79. The SMILES string of the molecule is CCCCCCCCCCCCCCCCCC[C@H](C)/C=C(C)/C=C(\C)C(=O)OC1C(O)C(CO)OC(OC2OC(CO)C(O)C(O)C2OSOO[O-])C1OC(=O)CCCCCCCCCCCCCCC.[Na+]. The third-order valence-corrected chi connectivity index (χ3v) is 14.3. The predicted octanol–water partition coefficient (Wildman–Crippen LogP) is 7.18. The zero-order chi connectivity index (χ0) is 52.8. The minimum Gasteiger partial charge on any atom is -0.691 e. The Balaban J connectivity index is 0.0000266. The number of carbonyl (C=O) groups excluding carboxylic acids is 2. The quantitative estimate of drug-likeness (QED) is 0.00594. The average molecular weight is 1070 g/mol. The number of aliphatic hydroxyl groups is 5. The number of aliphatic hydroxyl groups excluding tert-OH is 5. The molecule has 73 heavy (non-hydrogen) atoms. The Bertz CT molecular complexity index is 1430. The van der Waals surface area contributed by atoms with Crippen LogP contribution in [0.1, 0.15) is 234 Å². The van der Waals surface area contributed by atoms with Crippen molar-refractivity contribution in [2.45, 2.75) is 295 Å². The van der Waals surface area contributed by atoms with Gasteiger partial charge in [0.25, 0.3) is 0 Å². The van der Waals surface area contributed by atoms with Crippen LogP contribution in [0.3, 0.4) is 0 Å². The van der Waals surface area contributed by atoms with Crippen LogP contribution in [-0.4, -0.2) is 112 Å². The van der Waals surface area contributed by atoms with Gasteiger partial charge < -0.3 is 54.5 Å². The molecule has 2 heterocycles. The molecule has 5 N–H and O–H groups in total. The van der Waals surface area contributed by atoms with E-state index in [2.05, 4.69) is 36.2 Å². The Hall–Kier alpha value is -0.710. The molecule has 2 rings (SSSR count). The predicted molar refractivity (Wildman–Crippen MR) is 276 cm³/mol. The second-order valence-corrected chi connectivity index (χ2v) is 20.9. The van der Waals surface area contributed by atoms with Crippen molar-refractivity contribution in [2.24, 2.45) is 5.92 Å².